The van der Waals surface area contributed by atoms with Crippen LogP contribution in [0.25, 0.3) is 11.6 Å². The molecule has 2 aliphatic rings. The molecule has 3 aromatic rings. The second-order valence-corrected chi connectivity index (χ2v) is 13.2. The van der Waals surface area contributed by atoms with Crippen LogP contribution in [-0.2, 0) is 19.6 Å². The van der Waals surface area contributed by atoms with Crippen molar-refractivity contribution in [3.05, 3.63) is 88.2 Å². The number of allylic oxidation sites excluding steroid dienone is 1. The van der Waals surface area contributed by atoms with E-state index in [1.54, 1.807) is 54.3 Å². The monoisotopic (exact) mass is 626 g/mol. The maximum Gasteiger partial charge on any atom is 0.308 e. The first kappa shape index (κ1) is 30.6. The number of benzene rings is 3. The molecule has 2 atom stereocenters. The predicted octanol–water partition coefficient (Wildman–Crippen LogP) is 6.02. The molecule has 0 saturated carbocycles. The number of hydrogen-bond donors (Lipinski definition) is 1. The zero-order chi connectivity index (χ0) is 30.9. The standard InChI is InChI=1S/C32H32ClFN2O6S/c1-20-5-3-6-25(15-20)43(40,41)36-19-24(10-12-30(37)35-14-13-23(18-35)32(38)39)42-29-11-9-22(17-28(29)36)16-21(2)31-26(33)7-4-8-27(31)34/h3-9,11,15-17,23-24H,10,12-14,18-19H2,1-2H3,(H,38,39)/b21-16+/t23-,24+/m1/s1. The summed E-state index contributed by atoms with van der Waals surface area (Å²) in [7, 11) is -4.02. The molecule has 0 aliphatic carbocycles. The zero-order valence-electron chi connectivity index (χ0n) is 23.8. The van der Waals surface area contributed by atoms with Crippen LogP contribution in [0, 0.1) is 18.7 Å². The van der Waals surface area contributed by atoms with Crippen LogP contribution in [0.4, 0.5) is 10.1 Å². The van der Waals surface area contributed by atoms with Crippen molar-refractivity contribution in [1.82, 2.24) is 4.90 Å². The van der Waals surface area contributed by atoms with Gasteiger partial charge in [-0.15, -0.1) is 0 Å². The first-order chi connectivity index (χ1) is 20.4. The normalized spacial score (nSPS) is 18.7. The average Bonchev–Trinajstić information content (AvgIpc) is 3.47. The van der Waals surface area contributed by atoms with Crippen molar-refractivity contribution >= 4 is 50.8 Å². The highest BCUT2D eigenvalue weighted by atomic mass is 35.5. The first-order valence-electron chi connectivity index (χ1n) is 14.0. The molecule has 43 heavy (non-hydrogen) atoms. The van der Waals surface area contributed by atoms with Gasteiger partial charge in [-0.2, -0.15) is 0 Å². The molecule has 0 spiro atoms. The highest BCUT2D eigenvalue weighted by molar-refractivity contribution is 7.92. The minimum atomic E-state index is -4.02. The summed E-state index contributed by atoms with van der Waals surface area (Å²) in [5.41, 5.74) is 2.57. The molecule has 0 bridgehead atoms. The topological polar surface area (TPSA) is 104 Å². The molecule has 11 heteroatoms. The Hall–Kier alpha value is -3.89. The number of rotatable bonds is 8. The molecule has 2 aliphatic heterocycles. The van der Waals surface area contributed by atoms with Crippen LogP contribution in [0.15, 0.2) is 65.6 Å². The summed E-state index contributed by atoms with van der Waals surface area (Å²) < 4.78 is 50.0. The number of aryl methyl sites for hydroxylation is 1. The summed E-state index contributed by atoms with van der Waals surface area (Å²) in [5, 5.41) is 9.53. The summed E-state index contributed by atoms with van der Waals surface area (Å²) in [6.07, 6.45) is 1.87. The lowest BCUT2D eigenvalue weighted by Gasteiger charge is -2.36. The van der Waals surface area contributed by atoms with Crippen molar-refractivity contribution < 1.29 is 32.2 Å². The molecule has 226 valence electrons. The van der Waals surface area contributed by atoms with Crippen LogP contribution in [0.3, 0.4) is 0 Å². The molecule has 1 saturated heterocycles. The van der Waals surface area contributed by atoms with Crippen LogP contribution in [-0.4, -0.2) is 56.0 Å². The largest absolute Gasteiger partial charge is 0.486 e. The Labute approximate surface area is 255 Å². The van der Waals surface area contributed by atoms with Gasteiger partial charge in [0.1, 0.15) is 17.7 Å². The van der Waals surface area contributed by atoms with E-state index in [9.17, 15) is 27.5 Å². The Kier molecular flexibility index (Phi) is 8.80. The molecule has 3 aromatic carbocycles. The quantitative estimate of drug-likeness (QED) is 0.307. The first-order valence-corrected chi connectivity index (χ1v) is 15.8. The maximum atomic E-state index is 14.6. The van der Waals surface area contributed by atoms with Crippen molar-refractivity contribution in [3.8, 4) is 5.75 Å². The van der Waals surface area contributed by atoms with E-state index in [4.69, 9.17) is 16.3 Å². The molecule has 1 N–H and O–H groups in total. The third kappa shape index (κ3) is 6.55. The van der Waals surface area contributed by atoms with Crippen LogP contribution < -0.4 is 9.04 Å². The van der Waals surface area contributed by atoms with E-state index in [0.717, 1.165) is 5.56 Å². The third-order valence-corrected chi connectivity index (χ3v) is 9.89. The number of fused-ring (bicyclic) bond motifs is 1. The van der Waals surface area contributed by atoms with Crippen LogP contribution in [0.5, 0.6) is 5.75 Å². The van der Waals surface area contributed by atoms with Crippen molar-refractivity contribution in [2.24, 2.45) is 5.92 Å². The Morgan fingerprint density at radius 3 is 2.58 bits per heavy atom. The van der Waals surface area contributed by atoms with Crippen LogP contribution in [0.1, 0.15) is 42.9 Å². The Morgan fingerprint density at radius 2 is 1.88 bits per heavy atom. The van der Waals surface area contributed by atoms with Gasteiger partial charge in [0.25, 0.3) is 10.0 Å². The van der Waals surface area contributed by atoms with Crippen LogP contribution in [0.2, 0.25) is 5.02 Å². The molecule has 1 fully saturated rings. The van der Waals surface area contributed by atoms with E-state index >= 15 is 0 Å². The third-order valence-electron chi connectivity index (χ3n) is 7.80. The van der Waals surface area contributed by atoms with E-state index in [0.29, 0.717) is 35.5 Å². The van der Waals surface area contributed by atoms with E-state index in [1.165, 1.54) is 22.5 Å². The predicted molar refractivity (Wildman–Crippen MR) is 163 cm³/mol. The van der Waals surface area contributed by atoms with E-state index in [-0.39, 0.29) is 47.3 Å². The second kappa shape index (κ2) is 12.4. The van der Waals surface area contributed by atoms with E-state index in [2.05, 4.69) is 0 Å². The minimum absolute atomic E-state index is 0.0282. The molecule has 2 heterocycles. The lowest BCUT2D eigenvalue weighted by Crippen LogP contribution is -2.44. The number of ether oxygens (including phenoxy) is 1. The lowest BCUT2D eigenvalue weighted by molar-refractivity contribution is -0.141. The van der Waals surface area contributed by atoms with Crippen molar-refractivity contribution in [2.45, 2.75) is 44.1 Å². The fourth-order valence-corrected chi connectivity index (χ4v) is 7.44. The molecule has 0 radical (unpaired) electrons. The summed E-state index contributed by atoms with van der Waals surface area (Å²) in [4.78, 5) is 25.8. The van der Waals surface area contributed by atoms with Gasteiger partial charge in [-0.25, -0.2) is 12.8 Å². The van der Waals surface area contributed by atoms with Gasteiger partial charge in [0, 0.05) is 25.1 Å². The van der Waals surface area contributed by atoms with Gasteiger partial charge >= 0.3 is 5.97 Å². The fraction of sp³-hybridized carbons (Fsp3) is 0.312. The number of carboxylic acid groups (broad SMARTS) is 1. The summed E-state index contributed by atoms with van der Waals surface area (Å²) in [6, 6.07) is 16.2. The number of halogens is 2. The molecule has 8 nitrogen and oxygen atoms in total. The SMILES string of the molecule is C/C(=C\c1ccc2c(c1)N(S(=O)(=O)c1cccc(C)c1)C[C@H](CCC(=O)N1CC[C@@H](C(=O)O)C1)O2)c1c(F)cccc1Cl. The van der Waals surface area contributed by atoms with Gasteiger partial charge < -0.3 is 14.7 Å². The van der Waals surface area contributed by atoms with Gasteiger partial charge in [-0.3, -0.25) is 13.9 Å². The number of carbonyl (C=O) groups is 2. The van der Waals surface area contributed by atoms with Gasteiger partial charge in [0.15, 0.2) is 0 Å². The molecule has 5 rings (SSSR count). The average molecular weight is 627 g/mol. The Morgan fingerprint density at radius 1 is 1.12 bits per heavy atom. The van der Waals surface area contributed by atoms with Gasteiger partial charge in [0.05, 0.1) is 28.1 Å². The number of amides is 1. The number of aliphatic carboxylic acids is 1. The smallest absolute Gasteiger partial charge is 0.308 e. The maximum absolute atomic E-state index is 14.6. The number of carbonyl (C=O) groups excluding carboxylic acids is 1. The van der Waals surface area contributed by atoms with Crippen molar-refractivity contribution in [1.29, 1.82) is 0 Å². The zero-order valence-corrected chi connectivity index (χ0v) is 25.4. The Bertz CT molecular complexity index is 1690. The van der Waals surface area contributed by atoms with Gasteiger partial charge in [-0.1, -0.05) is 41.9 Å². The van der Waals surface area contributed by atoms with E-state index in [1.807, 2.05) is 13.0 Å². The number of anilines is 1. The molecule has 0 aromatic heterocycles. The summed E-state index contributed by atoms with van der Waals surface area (Å²) in [5.74, 6) is -1.80. The number of carboxylic acids is 1. The summed E-state index contributed by atoms with van der Waals surface area (Å²) in [6.45, 7) is 4.07. The fourth-order valence-electron chi connectivity index (χ4n) is 5.53. The van der Waals surface area contributed by atoms with Gasteiger partial charge in [0.2, 0.25) is 5.91 Å². The molecule has 1 amide bonds. The number of nitrogens with zero attached hydrogens (tertiary/aromatic N) is 2. The van der Waals surface area contributed by atoms with Crippen molar-refractivity contribution in [2.75, 3.05) is 23.9 Å². The number of likely N-dealkylation sites (tertiary alicyclic amines) is 1. The van der Waals surface area contributed by atoms with E-state index < -0.39 is 33.8 Å². The van der Waals surface area contributed by atoms with Crippen molar-refractivity contribution in [3.63, 3.8) is 0 Å². The highest BCUT2D eigenvalue weighted by Gasteiger charge is 2.36. The minimum Gasteiger partial charge on any atom is -0.486 e. The lowest BCUT2D eigenvalue weighted by atomic mass is 10.0. The van der Waals surface area contributed by atoms with Crippen LogP contribution >= 0.6 is 11.6 Å². The summed E-state index contributed by atoms with van der Waals surface area (Å²) >= 11 is 6.26. The highest BCUT2D eigenvalue weighted by Crippen LogP contribution is 2.40. The number of sulfonamides is 1. The molecular formula is C32H32ClFN2O6S. The number of hydrogen-bond acceptors (Lipinski definition) is 5. The Balaban J connectivity index is 1.45. The molecule has 0 unspecified atom stereocenters. The molecular weight excluding hydrogens is 595 g/mol. The second-order valence-electron chi connectivity index (χ2n) is 10.9. The van der Waals surface area contributed by atoms with Gasteiger partial charge in [-0.05, 0) is 79.8 Å².